The predicted molar refractivity (Wildman–Crippen MR) is 87.7 cm³/mol. The number of aliphatic hydroxyl groups excluding tert-OH is 1. The molecule has 0 saturated carbocycles. The standard InChI is InChI=1S/C15H24N2O2S/c1-4-11(5-2)17(8-9-18)14-10-12(19-3)6-7-13(14)15(16)20/h6-7,10-11,18H,4-5,8-9H2,1-3H3,(H2,16,20). The van der Waals surface area contributed by atoms with Crippen molar-refractivity contribution in [3.05, 3.63) is 23.8 Å². The molecule has 1 aromatic carbocycles. The Hall–Kier alpha value is -1.33. The first kappa shape index (κ1) is 16.7. The lowest BCUT2D eigenvalue weighted by atomic mass is 10.1. The molecule has 0 amide bonds. The third kappa shape index (κ3) is 3.84. The molecule has 0 atom stereocenters. The van der Waals surface area contributed by atoms with E-state index in [4.69, 9.17) is 22.7 Å². The Bertz CT molecular complexity index is 447. The van der Waals surface area contributed by atoms with Crippen LogP contribution in [0.3, 0.4) is 0 Å². The van der Waals surface area contributed by atoms with Gasteiger partial charge in [-0.05, 0) is 25.0 Å². The zero-order chi connectivity index (χ0) is 15.1. The van der Waals surface area contributed by atoms with Gasteiger partial charge < -0.3 is 20.5 Å². The zero-order valence-electron chi connectivity index (χ0n) is 12.4. The van der Waals surface area contributed by atoms with E-state index in [0.717, 1.165) is 29.8 Å². The van der Waals surface area contributed by atoms with Crippen LogP contribution in [0.1, 0.15) is 32.3 Å². The van der Waals surface area contributed by atoms with E-state index in [1.54, 1.807) is 7.11 Å². The number of hydrogen-bond donors (Lipinski definition) is 2. The van der Waals surface area contributed by atoms with Crippen molar-refractivity contribution in [3.8, 4) is 5.75 Å². The fourth-order valence-electron chi connectivity index (χ4n) is 2.42. The lowest BCUT2D eigenvalue weighted by Crippen LogP contribution is -2.38. The Morgan fingerprint density at radius 1 is 1.40 bits per heavy atom. The maximum atomic E-state index is 9.36. The van der Waals surface area contributed by atoms with Gasteiger partial charge in [-0.25, -0.2) is 0 Å². The number of benzene rings is 1. The van der Waals surface area contributed by atoms with Crippen molar-refractivity contribution in [1.82, 2.24) is 0 Å². The smallest absolute Gasteiger partial charge is 0.120 e. The van der Waals surface area contributed by atoms with Crippen LogP contribution in [0, 0.1) is 0 Å². The molecule has 0 unspecified atom stereocenters. The van der Waals surface area contributed by atoms with Gasteiger partial charge in [-0.1, -0.05) is 26.1 Å². The first-order chi connectivity index (χ1) is 9.58. The summed E-state index contributed by atoms with van der Waals surface area (Å²) in [4.78, 5) is 2.52. The summed E-state index contributed by atoms with van der Waals surface area (Å²) in [5.41, 5.74) is 7.58. The van der Waals surface area contributed by atoms with Crippen LogP contribution in [-0.2, 0) is 0 Å². The van der Waals surface area contributed by atoms with E-state index >= 15 is 0 Å². The second-order valence-corrected chi connectivity index (χ2v) is 5.07. The molecule has 20 heavy (non-hydrogen) atoms. The SMILES string of the molecule is CCC(CC)N(CCO)c1cc(OC)ccc1C(N)=S. The normalized spacial score (nSPS) is 10.7. The van der Waals surface area contributed by atoms with Crippen LogP contribution >= 0.6 is 12.2 Å². The van der Waals surface area contributed by atoms with Crippen LogP contribution in [0.25, 0.3) is 0 Å². The summed E-state index contributed by atoms with van der Waals surface area (Å²) in [6, 6.07) is 6.00. The zero-order valence-corrected chi connectivity index (χ0v) is 13.2. The summed E-state index contributed by atoms with van der Waals surface area (Å²) in [6.45, 7) is 4.91. The second kappa shape index (κ2) is 8.07. The summed E-state index contributed by atoms with van der Waals surface area (Å²) < 4.78 is 5.29. The minimum absolute atomic E-state index is 0.0878. The monoisotopic (exact) mass is 296 g/mol. The van der Waals surface area contributed by atoms with Crippen LogP contribution in [0.15, 0.2) is 18.2 Å². The molecule has 0 aliphatic carbocycles. The Morgan fingerprint density at radius 3 is 2.50 bits per heavy atom. The Labute approximate surface area is 126 Å². The number of hydrogen-bond acceptors (Lipinski definition) is 4. The van der Waals surface area contributed by atoms with Crippen LogP contribution in [0.2, 0.25) is 0 Å². The average molecular weight is 296 g/mol. The Morgan fingerprint density at radius 2 is 2.05 bits per heavy atom. The topological polar surface area (TPSA) is 58.7 Å². The van der Waals surface area contributed by atoms with Gasteiger partial charge >= 0.3 is 0 Å². The number of nitrogens with two attached hydrogens (primary N) is 1. The van der Waals surface area contributed by atoms with Gasteiger partial charge in [-0.3, -0.25) is 0 Å². The van der Waals surface area contributed by atoms with Gasteiger partial charge in [0.1, 0.15) is 10.7 Å². The van der Waals surface area contributed by atoms with Crippen molar-refractivity contribution >= 4 is 22.9 Å². The quantitative estimate of drug-likeness (QED) is 0.721. The van der Waals surface area contributed by atoms with Gasteiger partial charge in [0.15, 0.2) is 0 Å². The number of methoxy groups -OCH3 is 1. The lowest BCUT2D eigenvalue weighted by Gasteiger charge is -2.33. The predicted octanol–water partition coefficient (Wildman–Crippen LogP) is 2.32. The number of rotatable bonds is 8. The van der Waals surface area contributed by atoms with Gasteiger partial charge in [0.2, 0.25) is 0 Å². The summed E-state index contributed by atoms with van der Waals surface area (Å²) in [7, 11) is 1.63. The van der Waals surface area contributed by atoms with E-state index in [1.807, 2.05) is 18.2 Å². The fourth-order valence-corrected chi connectivity index (χ4v) is 2.59. The average Bonchev–Trinajstić information content (AvgIpc) is 2.46. The van der Waals surface area contributed by atoms with E-state index in [9.17, 15) is 5.11 Å². The third-order valence-corrected chi connectivity index (χ3v) is 3.72. The number of aliphatic hydroxyl groups is 1. The highest BCUT2D eigenvalue weighted by Crippen LogP contribution is 2.29. The molecule has 3 N–H and O–H groups in total. The van der Waals surface area contributed by atoms with Crippen molar-refractivity contribution in [2.75, 3.05) is 25.2 Å². The van der Waals surface area contributed by atoms with Crippen molar-refractivity contribution in [1.29, 1.82) is 0 Å². The molecule has 0 spiro atoms. The highest BCUT2D eigenvalue weighted by molar-refractivity contribution is 7.80. The van der Waals surface area contributed by atoms with E-state index in [2.05, 4.69) is 18.7 Å². The molecule has 0 saturated heterocycles. The summed E-state index contributed by atoms with van der Waals surface area (Å²) in [6.07, 6.45) is 1.98. The molecule has 4 nitrogen and oxygen atoms in total. The van der Waals surface area contributed by atoms with Crippen LogP contribution in [0.4, 0.5) is 5.69 Å². The van der Waals surface area contributed by atoms with Crippen molar-refractivity contribution in [2.45, 2.75) is 32.7 Å². The van der Waals surface area contributed by atoms with Crippen molar-refractivity contribution in [3.63, 3.8) is 0 Å². The van der Waals surface area contributed by atoms with Crippen molar-refractivity contribution in [2.24, 2.45) is 5.73 Å². The molecule has 0 aromatic heterocycles. The highest BCUT2D eigenvalue weighted by atomic mass is 32.1. The highest BCUT2D eigenvalue weighted by Gasteiger charge is 2.20. The second-order valence-electron chi connectivity index (χ2n) is 4.63. The first-order valence-electron chi connectivity index (χ1n) is 6.94. The van der Waals surface area contributed by atoms with Gasteiger partial charge in [0, 0.05) is 24.2 Å². The molecule has 1 rings (SSSR count). The molecule has 0 heterocycles. The molecule has 0 aliphatic heterocycles. The van der Waals surface area contributed by atoms with Crippen LogP contribution < -0.4 is 15.4 Å². The summed E-state index contributed by atoms with van der Waals surface area (Å²) >= 11 is 5.14. The Kier molecular flexibility index (Phi) is 6.75. The number of thiocarbonyl (C=S) groups is 1. The molecule has 0 fully saturated rings. The minimum Gasteiger partial charge on any atom is -0.497 e. The summed E-state index contributed by atoms with van der Waals surface area (Å²) in [5.74, 6) is 0.758. The van der Waals surface area contributed by atoms with Crippen molar-refractivity contribution < 1.29 is 9.84 Å². The molecular formula is C15H24N2O2S. The van der Waals surface area contributed by atoms with Gasteiger partial charge in [-0.15, -0.1) is 0 Å². The maximum Gasteiger partial charge on any atom is 0.120 e. The lowest BCUT2D eigenvalue weighted by molar-refractivity contribution is 0.296. The van der Waals surface area contributed by atoms with Crippen LogP contribution in [0.5, 0.6) is 5.75 Å². The maximum absolute atomic E-state index is 9.36. The molecule has 0 aliphatic rings. The summed E-state index contributed by atoms with van der Waals surface area (Å²) in [5, 5.41) is 9.36. The molecule has 1 aromatic rings. The number of ether oxygens (including phenoxy) is 1. The van der Waals surface area contributed by atoms with Gasteiger partial charge in [0.05, 0.1) is 19.4 Å². The van der Waals surface area contributed by atoms with Gasteiger partial charge in [-0.2, -0.15) is 0 Å². The van der Waals surface area contributed by atoms with E-state index < -0.39 is 0 Å². The molecule has 0 bridgehead atoms. The van der Waals surface area contributed by atoms with E-state index in [-0.39, 0.29) is 6.61 Å². The Balaban J connectivity index is 3.31. The molecule has 0 radical (unpaired) electrons. The number of nitrogens with zero attached hydrogens (tertiary/aromatic N) is 1. The fraction of sp³-hybridized carbons (Fsp3) is 0.533. The van der Waals surface area contributed by atoms with E-state index in [1.165, 1.54) is 0 Å². The number of anilines is 1. The molecule has 5 heteroatoms. The first-order valence-corrected chi connectivity index (χ1v) is 7.35. The van der Waals surface area contributed by atoms with Crippen LogP contribution in [-0.4, -0.2) is 36.4 Å². The molecular weight excluding hydrogens is 272 g/mol. The molecule has 112 valence electrons. The minimum atomic E-state index is 0.0878. The largest absolute Gasteiger partial charge is 0.497 e. The van der Waals surface area contributed by atoms with E-state index in [0.29, 0.717) is 17.6 Å². The third-order valence-electron chi connectivity index (χ3n) is 3.50. The van der Waals surface area contributed by atoms with Gasteiger partial charge in [0.25, 0.3) is 0 Å².